The van der Waals surface area contributed by atoms with Crippen LogP contribution in [0.1, 0.15) is 69.1 Å². The van der Waals surface area contributed by atoms with Gasteiger partial charge in [0.1, 0.15) is 11.6 Å². The van der Waals surface area contributed by atoms with Gasteiger partial charge in [0, 0.05) is 19.4 Å². The maximum Gasteiger partial charge on any atom is 0.346 e. The highest BCUT2D eigenvalue weighted by Crippen LogP contribution is 2.23. The van der Waals surface area contributed by atoms with Crippen LogP contribution in [0.5, 0.6) is 0 Å². The summed E-state index contributed by atoms with van der Waals surface area (Å²) in [6, 6.07) is 25.3. The largest absolute Gasteiger partial charge is 0.346 e. The summed E-state index contributed by atoms with van der Waals surface area (Å²) in [6.07, 6.45) is 3.05. The lowest BCUT2D eigenvalue weighted by molar-refractivity contribution is -0.116. The fraction of sp³-hybridized carbons (Fsp3) is 0.364. The molecule has 4 rings (SSSR count). The standard InChI is InChI=1S/C33H39N3O2/c1-6-35-31(34-36(32(35)38)23-27-15-19-30(20-16-27)33(3,4)5)12-8-10-25-9-7-11-29(22-25)28-17-13-26(14-18-28)21-24(2)37/h7,9,11,13-20,22H,6,8,10,12,21,23H2,1-5H3. The molecule has 0 N–H and O–H groups in total. The Hall–Kier alpha value is -3.73. The van der Waals surface area contributed by atoms with E-state index in [1.54, 1.807) is 16.2 Å². The summed E-state index contributed by atoms with van der Waals surface area (Å²) >= 11 is 0. The van der Waals surface area contributed by atoms with E-state index in [2.05, 4.69) is 81.4 Å². The van der Waals surface area contributed by atoms with Gasteiger partial charge in [0.05, 0.1) is 6.54 Å². The molecule has 0 spiro atoms. The number of hydrogen-bond acceptors (Lipinski definition) is 3. The molecule has 1 heterocycles. The number of ketones is 1. The number of aryl methyl sites for hydroxylation is 2. The molecule has 0 aliphatic rings. The van der Waals surface area contributed by atoms with E-state index in [4.69, 9.17) is 5.10 Å². The molecule has 0 aliphatic heterocycles. The Labute approximate surface area is 226 Å². The predicted molar refractivity (Wildman–Crippen MR) is 155 cm³/mol. The fourth-order valence-electron chi connectivity index (χ4n) is 4.83. The Morgan fingerprint density at radius 1 is 0.842 bits per heavy atom. The van der Waals surface area contributed by atoms with Gasteiger partial charge in [-0.1, -0.05) is 93.6 Å². The van der Waals surface area contributed by atoms with Gasteiger partial charge in [-0.15, -0.1) is 0 Å². The Morgan fingerprint density at radius 3 is 2.16 bits per heavy atom. The molecule has 4 aromatic rings. The van der Waals surface area contributed by atoms with Crippen LogP contribution in [-0.4, -0.2) is 20.1 Å². The molecule has 0 bridgehead atoms. The monoisotopic (exact) mass is 509 g/mol. The molecule has 198 valence electrons. The topological polar surface area (TPSA) is 56.9 Å². The van der Waals surface area contributed by atoms with E-state index in [1.807, 2.05) is 19.1 Å². The molecule has 1 aromatic heterocycles. The van der Waals surface area contributed by atoms with Crippen molar-refractivity contribution in [3.63, 3.8) is 0 Å². The number of nitrogens with zero attached hydrogens (tertiary/aromatic N) is 3. The first-order chi connectivity index (χ1) is 18.1. The third-order valence-electron chi connectivity index (χ3n) is 7.00. The minimum atomic E-state index is -0.0439. The van der Waals surface area contributed by atoms with Gasteiger partial charge < -0.3 is 0 Å². The molecule has 38 heavy (non-hydrogen) atoms. The van der Waals surface area contributed by atoms with Crippen molar-refractivity contribution < 1.29 is 4.79 Å². The van der Waals surface area contributed by atoms with Gasteiger partial charge in [-0.2, -0.15) is 5.10 Å². The van der Waals surface area contributed by atoms with Gasteiger partial charge in [0.2, 0.25) is 0 Å². The molecule has 5 heteroatoms. The van der Waals surface area contributed by atoms with Crippen molar-refractivity contribution >= 4 is 5.78 Å². The lowest BCUT2D eigenvalue weighted by Crippen LogP contribution is -2.25. The third kappa shape index (κ3) is 6.77. The Kier molecular flexibility index (Phi) is 8.45. The number of carbonyl (C=O) groups excluding carboxylic acids is 1. The van der Waals surface area contributed by atoms with Crippen LogP contribution in [0.4, 0.5) is 0 Å². The SMILES string of the molecule is CCn1c(CCCc2cccc(-c3ccc(CC(C)=O)cc3)c2)nn(Cc2ccc(C(C)(C)C)cc2)c1=O. The van der Waals surface area contributed by atoms with Crippen molar-refractivity contribution in [1.29, 1.82) is 0 Å². The lowest BCUT2D eigenvalue weighted by Gasteiger charge is -2.19. The summed E-state index contributed by atoms with van der Waals surface area (Å²) in [5.41, 5.74) is 7.04. The van der Waals surface area contributed by atoms with E-state index in [0.717, 1.165) is 41.8 Å². The van der Waals surface area contributed by atoms with Crippen LogP contribution in [0, 0.1) is 0 Å². The number of benzene rings is 3. The van der Waals surface area contributed by atoms with Gasteiger partial charge in [0.25, 0.3) is 0 Å². The lowest BCUT2D eigenvalue weighted by atomic mass is 9.87. The van der Waals surface area contributed by atoms with E-state index < -0.39 is 0 Å². The zero-order valence-electron chi connectivity index (χ0n) is 23.3. The van der Waals surface area contributed by atoms with Gasteiger partial charge in [0.15, 0.2) is 0 Å². The maximum atomic E-state index is 13.0. The third-order valence-corrected chi connectivity index (χ3v) is 7.00. The summed E-state index contributed by atoms with van der Waals surface area (Å²) in [5, 5.41) is 4.72. The number of aromatic nitrogens is 3. The summed E-state index contributed by atoms with van der Waals surface area (Å²) in [6.45, 7) is 11.3. The Balaban J connectivity index is 1.41. The molecule has 3 aromatic carbocycles. The number of carbonyl (C=O) groups is 1. The van der Waals surface area contributed by atoms with Crippen molar-refractivity contribution in [3.05, 3.63) is 111 Å². The van der Waals surface area contributed by atoms with Crippen molar-refractivity contribution in [3.8, 4) is 11.1 Å². The van der Waals surface area contributed by atoms with E-state index in [1.165, 1.54) is 16.7 Å². The highest BCUT2D eigenvalue weighted by atomic mass is 16.2. The first-order valence-electron chi connectivity index (χ1n) is 13.6. The minimum Gasteiger partial charge on any atom is -0.300 e. The summed E-state index contributed by atoms with van der Waals surface area (Å²) in [4.78, 5) is 24.4. The van der Waals surface area contributed by atoms with Gasteiger partial charge in [-0.3, -0.25) is 9.36 Å². The molecule has 5 nitrogen and oxygen atoms in total. The number of Topliss-reactive ketones (excluding diaryl/α,β-unsaturated/α-hetero) is 1. The zero-order valence-corrected chi connectivity index (χ0v) is 23.3. The molecular weight excluding hydrogens is 470 g/mol. The highest BCUT2D eigenvalue weighted by molar-refractivity contribution is 5.78. The Morgan fingerprint density at radius 2 is 1.53 bits per heavy atom. The molecule has 0 fully saturated rings. The molecule has 0 saturated heterocycles. The highest BCUT2D eigenvalue weighted by Gasteiger charge is 2.15. The van der Waals surface area contributed by atoms with Crippen molar-refractivity contribution in [2.24, 2.45) is 0 Å². The predicted octanol–water partition coefficient (Wildman–Crippen LogP) is 6.38. The van der Waals surface area contributed by atoms with Crippen LogP contribution in [0.3, 0.4) is 0 Å². The average molecular weight is 510 g/mol. The Bertz CT molecular complexity index is 1440. The summed E-state index contributed by atoms with van der Waals surface area (Å²) < 4.78 is 3.39. The fourth-order valence-corrected chi connectivity index (χ4v) is 4.83. The van der Waals surface area contributed by atoms with Gasteiger partial charge in [-0.05, 0) is 65.5 Å². The van der Waals surface area contributed by atoms with E-state index >= 15 is 0 Å². The number of hydrogen-bond donors (Lipinski definition) is 0. The minimum absolute atomic E-state index is 0.0439. The normalized spacial score (nSPS) is 11.6. The summed E-state index contributed by atoms with van der Waals surface area (Å²) in [5.74, 6) is 1.02. The number of rotatable bonds is 10. The van der Waals surface area contributed by atoms with E-state index in [-0.39, 0.29) is 16.9 Å². The van der Waals surface area contributed by atoms with E-state index in [9.17, 15) is 9.59 Å². The van der Waals surface area contributed by atoms with Crippen molar-refractivity contribution in [2.75, 3.05) is 0 Å². The van der Waals surface area contributed by atoms with Gasteiger partial charge >= 0.3 is 5.69 Å². The molecule has 0 saturated carbocycles. The molecule has 0 unspecified atom stereocenters. The van der Waals surface area contributed by atoms with Crippen LogP contribution in [0.15, 0.2) is 77.6 Å². The molecular formula is C33H39N3O2. The smallest absolute Gasteiger partial charge is 0.300 e. The zero-order chi connectivity index (χ0) is 27.3. The van der Waals surface area contributed by atoms with Crippen molar-refractivity contribution in [1.82, 2.24) is 14.3 Å². The van der Waals surface area contributed by atoms with Crippen LogP contribution < -0.4 is 5.69 Å². The first kappa shape index (κ1) is 27.3. The maximum absolute atomic E-state index is 13.0. The molecule has 0 aliphatic carbocycles. The van der Waals surface area contributed by atoms with Gasteiger partial charge in [-0.25, -0.2) is 9.48 Å². The van der Waals surface area contributed by atoms with Crippen LogP contribution >= 0.6 is 0 Å². The second-order valence-electron chi connectivity index (χ2n) is 11.2. The van der Waals surface area contributed by atoms with Crippen molar-refractivity contribution in [2.45, 2.75) is 78.8 Å². The van der Waals surface area contributed by atoms with Crippen LogP contribution in [-0.2, 0) is 42.6 Å². The second-order valence-corrected chi connectivity index (χ2v) is 11.2. The molecule has 0 radical (unpaired) electrons. The van der Waals surface area contributed by atoms with Crippen LogP contribution in [0.2, 0.25) is 0 Å². The molecule has 0 atom stereocenters. The quantitative estimate of drug-likeness (QED) is 0.249. The summed E-state index contributed by atoms with van der Waals surface area (Å²) in [7, 11) is 0. The molecule has 0 amide bonds. The average Bonchev–Trinajstić information content (AvgIpc) is 3.18. The van der Waals surface area contributed by atoms with Crippen LogP contribution in [0.25, 0.3) is 11.1 Å². The van der Waals surface area contributed by atoms with E-state index in [0.29, 0.717) is 19.5 Å². The second kappa shape index (κ2) is 11.8. The first-order valence-corrected chi connectivity index (χ1v) is 13.6.